The standard InChI is InChI=1S/C46H26N2O2S/c1-3-11-27(12-4-1)31-16-9-17-33-42-43(28-13-5-2-6-14-28)47-45(48-46(42)51-44(31)33)34-18-10-20-40-41(34)36-26-30(22-24-39(36)50-40)29-21-23-38-35(25-29)32-15-7-8-19-37(32)49-38/h1-26H. The first kappa shape index (κ1) is 28.3. The second-order valence-electron chi connectivity index (χ2n) is 12.9. The van der Waals surface area contributed by atoms with Crippen molar-refractivity contribution in [3.05, 3.63) is 158 Å². The second kappa shape index (κ2) is 11.0. The molecule has 11 rings (SSSR count). The number of aromatic nitrogens is 2. The van der Waals surface area contributed by atoms with Crippen LogP contribution in [-0.2, 0) is 0 Å². The Morgan fingerprint density at radius 1 is 0.392 bits per heavy atom. The van der Waals surface area contributed by atoms with E-state index >= 15 is 0 Å². The molecule has 7 aromatic carbocycles. The van der Waals surface area contributed by atoms with Crippen LogP contribution in [0.15, 0.2) is 167 Å². The molecule has 51 heavy (non-hydrogen) atoms. The lowest BCUT2D eigenvalue weighted by molar-refractivity contribution is 0.668. The number of hydrogen-bond donors (Lipinski definition) is 0. The van der Waals surface area contributed by atoms with Crippen LogP contribution in [0.25, 0.3) is 109 Å². The summed E-state index contributed by atoms with van der Waals surface area (Å²) in [7, 11) is 0. The van der Waals surface area contributed by atoms with Gasteiger partial charge in [0.05, 0.1) is 5.69 Å². The van der Waals surface area contributed by atoms with Gasteiger partial charge in [-0.1, -0.05) is 121 Å². The molecular formula is C46H26N2O2S. The van der Waals surface area contributed by atoms with Crippen molar-refractivity contribution in [2.45, 2.75) is 0 Å². The Hall–Kier alpha value is -6.56. The lowest BCUT2D eigenvalue weighted by atomic mass is 9.99. The fourth-order valence-corrected chi connectivity index (χ4v) is 8.78. The van der Waals surface area contributed by atoms with Crippen LogP contribution < -0.4 is 0 Å². The zero-order chi connectivity index (χ0) is 33.5. The summed E-state index contributed by atoms with van der Waals surface area (Å²) in [5.41, 5.74) is 11.0. The van der Waals surface area contributed by atoms with Gasteiger partial charge in [-0.15, -0.1) is 11.3 Å². The molecular weight excluding hydrogens is 645 g/mol. The van der Waals surface area contributed by atoms with Crippen molar-refractivity contribution in [3.63, 3.8) is 0 Å². The average Bonchev–Trinajstić information content (AvgIpc) is 3.89. The van der Waals surface area contributed by atoms with Crippen LogP contribution in [0.2, 0.25) is 0 Å². The van der Waals surface area contributed by atoms with E-state index in [1.54, 1.807) is 11.3 Å². The van der Waals surface area contributed by atoms with E-state index in [0.717, 1.165) is 82.0 Å². The van der Waals surface area contributed by atoms with E-state index in [-0.39, 0.29) is 0 Å². The van der Waals surface area contributed by atoms with Crippen LogP contribution >= 0.6 is 11.3 Å². The first-order valence-corrected chi connectivity index (χ1v) is 17.8. The smallest absolute Gasteiger partial charge is 0.162 e. The summed E-state index contributed by atoms with van der Waals surface area (Å²) >= 11 is 1.73. The highest BCUT2D eigenvalue weighted by atomic mass is 32.1. The number of furan rings is 2. The molecule has 5 heteroatoms. The van der Waals surface area contributed by atoms with Gasteiger partial charge in [0.15, 0.2) is 5.82 Å². The van der Waals surface area contributed by atoms with Crippen molar-refractivity contribution >= 4 is 75.5 Å². The van der Waals surface area contributed by atoms with Crippen LogP contribution in [0.3, 0.4) is 0 Å². The Morgan fingerprint density at radius 3 is 1.82 bits per heavy atom. The molecule has 0 atom stereocenters. The predicted molar refractivity (Wildman–Crippen MR) is 211 cm³/mol. The lowest BCUT2D eigenvalue weighted by Gasteiger charge is -2.09. The van der Waals surface area contributed by atoms with E-state index in [2.05, 4.69) is 127 Å². The Kier molecular flexibility index (Phi) is 6.09. The van der Waals surface area contributed by atoms with E-state index in [4.69, 9.17) is 18.8 Å². The maximum atomic E-state index is 6.47. The Labute approximate surface area is 295 Å². The summed E-state index contributed by atoms with van der Waals surface area (Å²) < 4.78 is 13.8. The summed E-state index contributed by atoms with van der Waals surface area (Å²) in [5.74, 6) is 0.680. The van der Waals surface area contributed by atoms with E-state index in [1.165, 1.54) is 21.2 Å². The molecule has 238 valence electrons. The molecule has 0 fully saturated rings. The number of benzene rings is 7. The van der Waals surface area contributed by atoms with Crippen molar-refractivity contribution < 1.29 is 8.83 Å². The number of thiophene rings is 1. The third-order valence-corrected chi connectivity index (χ3v) is 11.1. The van der Waals surface area contributed by atoms with Crippen LogP contribution in [0, 0.1) is 0 Å². The van der Waals surface area contributed by atoms with Crippen LogP contribution in [0.1, 0.15) is 0 Å². The highest BCUT2D eigenvalue weighted by Gasteiger charge is 2.21. The summed E-state index contributed by atoms with van der Waals surface area (Å²) in [6.07, 6.45) is 0. The molecule has 0 unspecified atom stereocenters. The molecule has 4 nitrogen and oxygen atoms in total. The zero-order valence-corrected chi connectivity index (χ0v) is 27.9. The van der Waals surface area contributed by atoms with E-state index in [1.807, 2.05) is 30.3 Å². The summed E-state index contributed by atoms with van der Waals surface area (Å²) in [6.45, 7) is 0. The van der Waals surface area contributed by atoms with Crippen molar-refractivity contribution in [2.24, 2.45) is 0 Å². The van der Waals surface area contributed by atoms with Gasteiger partial charge < -0.3 is 8.83 Å². The molecule has 0 aliphatic heterocycles. The number of para-hydroxylation sites is 1. The molecule has 4 aromatic heterocycles. The van der Waals surface area contributed by atoms with E-state index < -0.39 is 0 Å². The summed E-state index contributed by atoms with van der Waals surface area (Å²) in [6, 6.07) is 54.8. The minimum Gasteiger partial charge on any atom is -0.456 e. The SMILES string of the molecule is c1ccc(-c2cccc3c2sc2nc(-c4cccc5oc6ccc(-c7ccc8oc9ccccc9c8c7)cc6c45)nc(-c4ccccc4)c23)cc1. The number of hydrogen-bond acceptors (Lipinski definition) is 5. The average molecular weight is 671 g/mol. The molecule has 0 aliphatic carbocycles. The molecule has 0 bridgehead atoms. The van der Waals surface area contributed by atoms with Gasteiger partial charge in [-0.25, -0.2) is 9.97 Å². The monoisotopic (exact) mass is 670 g/mol. The van der Waals surface area contributed by atoms with Crippen LogP contribution in [0.4, 0.5) is 0 Å². The Morgan fingerprint density at radius 2 is 1.00 bits per heavy atom. The van der Waals surface area contributed by atoms with Gasteiger partial charge in [0, 0.05) is 48.1 Å². The quantitative estimate of drug-likeness (QED) is 0.187. The topological polar surface area (TPSA) is 52.1 Å². The molecule has 0 radical (unpaired) electrons. The van der Waals surface area contributed by atoms with Crippen molar-refractivity contribution in [1.82, 2.24) is 9.97 Å². The van der Waals surface area contributed by atoms with Crippen LogP contribution in [-0.4, -0.2) is 9.97 Å². The van der Waals surface area contributed by atoms with Gasteiger partial charge >= 0.3 is 0 Å². The minimum atomic E-state index is 0.680. The van der Waals surface area contributed by atoms with Crippen LogP contribution in [0.5, 0.6) is 0 Å². The molecule has 11 aromatic rings. The first-order valence-electron chi connectivity index (χ1n) is 17.0. The lowest BCUT2D eigenvalue weighted by Crippen LogP contribution is -1.94. The number of rotatable bonds is 4. The third-order valence-electron chi connectivity index (χ3n) is 9.94. The predicted octanol–water partition coefficient (Wildman–Crippen LogP) is 13.3. The fourth-order valence-electron chi connectivity index (χ4n) is 7.57. The molecule has 0 amide bonds. The van der Waals surface area contributed by atoms with Gasteiger partial charge in [-0.2, -0.15) is 0 Å². The summed E-state index contributed by atoms with van der Waals surface area (Å²) in [4.78, 5) is 11.7. The largest absolute Gasteiger partial charge is 0.456 e. The maximum Gasteiger partial charge on any atom is 0.162 e. The number of nitrogens with zero attached hydrogens (tertiary/aromatic N) is 2. The number of fused-ring (bicyclic) bond motifs is 9. The van der Waals surface area contributed by atoms with E-state index in [9.17, 15) is 0 Å². The maximum absolute atomic E-state index is 6.47. The van der Waals surface area contributed by atoms with Crippen molar-refractivity contribution in [1.29, 1.82) is 0 Å². The van der Waals surface area contributed by atoms with Crippen molar-refractivity contribution in [2.75, 3.05) is 0 Å². The molecule has 0 saturated heterocycles. The Balaban J connectivity index is 1.15. The molecule has 0 saturated carbocycles. The van der Waals surface area contributed by atoms with E-state index in [0.29, 0.717) is 5.82 Å². The highest BCUT2D eigenvalue weighted by Crippen LogP contribution is 2.45. The molecule has 0 N–H and O–H groups in total. The fraction of sp³-hybridized carbons (Fsp3) is 0. The van der Waals surface area contributed by atoms with Crippen molar-refractivity contribution in [3.8, 4) is 44.9 Å². The van der Waals surface area contributed by atoms with Gasteiger partial charge in [0.2, 0.25) is 0 Å². The molecule has 0 aliphatic rings. The minimum absolute atomic E-state index is 0.680. The zero-order valence-electron chi connectivity index (χ0n) is 27.1. The molecule has 0 spiro atoms. The summed E-state index contributed by atoms with van der Waals surface area (Å²) in [5, 5.41) is 6.51. The highest BCUT2D eigenvalue weighted by molar-refractivity contribution is 7.26. The van der Waals surface area contributed by atoms with Gasteiger partial charge in [-0.3, -0.25) is 0 Å². The first-order chi connectivity index (χ1) is 25.3. The second-order valence-corrected chi connectivity index (χ2v) is 13.9. The normalized spacial score (nSPS) is 11.9. The van der Waals surface area contributed by atoms with Gasteiger partial charge in [0.1, 0.15) is 27.2 Å². The van der Waals surface area contributed by atoms with Gasteiger partial charge in [0.25, 0.3) is 0 Å². The van der Waals surface area contributed by atoms with Gasteiger partial charge in [-0.05, 0) is 58.7 Å². The Bertz CT molecular complexity index is 3140. The third kappa shape index (κ3) is 4.38. The molecule has 4 heterocycles.